The first-order chi connectivity index (χ1) is 17.4. The molecule has 1 fully saturated rings. The van der Waals surface area contributed by atoms with E-state index >= 15 is 0 Å². The predicted octanol–water partition coefficient (Wildman–Crippen LogP) is 2.76. The smallest absolute Gasteiger partial charge is 0.226 e. The minimum Gasteiger partial charge on any atom is -0.394 e. The van der Waals surface area contributed by atoms with Crippen LogP contribution in [0.3, 0.4) is 0 Å². The molecule has 0 spiro atoms. The van der Waals surface area contributed by atoms with Crippen LogP contribution < -0.4 is 16.0 Å². The molecule has 0 unspecified atom stereocenters. The van der Waals surface area contributed by atoms with Gasteiger partial charge in [0.25, 0.3) is 0 Å². The number of hydrogen-bond acceptors (Lipinski definition) is 6. The maximum absolute atomic E-state index is 13.9. The highest BCUT2D eigenvalue weighted by Gasteiger charge is 2.58. The Kier molecular flexibility index (Phi) is 10.9. The number of carbonyl (C=O) groups is 3. The lowest BCUT2D eigenvalue weighted by Gasteiger charge is -2.51. The summed E-state index contributed by atoms with van der Waals surface area (Å²) in [5.41, 5.74) is -4.54. The van der Waals surface area contributed by atoms with Crippen molar-refractivity contribution in [3.05, 3.63) is 0 Å². The Morgan fingerprint density at radius 1 is 0.538 bits per heavy atom. The number of carbonyl (C=O) groups excluding carboxylic acids is 3. The first kappa shape index (κ1) is 35.3. The summed E-state index contributed by atoms with van der Waals surface area (Å²) in [5, 5.41) is 38.9. The van der Waals surface area contributed by atoms with E-state index in [1.165, 1.54) is 0 Å². The molecule has 9 nitrogen and oxygen atoms in total. The van der Waals surface area contributed by atoms with Gasteiger partial charge in [-0.2, -0.15) is 0 Å². The third kappa shape index (κ3) is 8.64. The molecule has 1 aliphatic rings. The minimum atomic E-state index is -1.11. The van der Waals surface area contributed by atoms with Gasteiger partial charge < -0.3 is 31.3 Å². The summed E-state index contributed by atoms with van der Waals surface area (Å²) in [6, 6.07) is -1.53. The number of aliphatic hydroxyl groups is 3. The Labute approximate surface area is 236 Å². The maximum atomic E-state index is 13.9. The summed E-state index contributed by atoms with van der Waals surface area (Å²) in [5.74, 6) is -0.963. The van der Waals surface area contributed by atoms with E-state index in [9.17, 15) is 29.7 Å². The van der Waals surface area contributed by atoms with Crippen LogP contribution in [0.4, 0.5) is 0 Å². The third-order valence-corrected chi connectivity index (χ3v) is 8.59. The lowest BCUT2D eigenvalue weighted by atomic mass is 9.53. The second-order valence-electron chi connectivity index (χ2n) is 15.9. The Bertz CT molecular complexity index is 760. The van der Waals surface area contributed by atoms with Crippen LogP contribution in [-0.4, -0.2) is 71.0 Å². The monoisotopic (exact) mass is 555 g/mol. The van der Waals surface area contributed by atoms with Crippen LogP contribution in [0.5, 0.6) is 0 Å². The van der Waals surface area contributed by atoms with Gasteiger partial charge in [-0.05, 0) is 35.5 Å². The quantitative estimate of drug-likeness (QED) is 0.258. The van der Waals surface area contributed by atoms with Gasteiger partial charge in [-0.1, -0.05) is 83.1 Å². The summed E-state index contributed by atoms with van der Waals surface area (Å²) < 4.78 is 0. The fourth-order valence-electron chi connectivity index (χ4n) is 5.86. The van der Waals surface area contributed by atoms with Gasteiger partial charge in [-0.3, -0.25) is 14.4 Å². The highest BCUT2D eigenvalue weighted by atomic mass is 16.3. The average Bonchev–Trinajstić information content (AvgIpc) is 2.75. The van der Waals surface area contributed by atoms with Crippen molar-refractivity contribution in [2.45, 2.75) is 120 Å². The number of rotatable bonds is 9. The summed E-state index contributed by atoms with van der Waals surface area (Å²) in [6.45, 7) is 21.9. The number of hydrogen-bond donors (Lipinski definition) is 6. The van der Waals surface area contributed by atoms with Gasteiger partial charge in [0.05, 0.1) is 37.9 Å². The normalized spacial score (nSPS) is 28.7. The van der Waals surface area contributed by atoms with Gasteiger partial charge in [-0.15, -0.1) is 0 Å². The maximum Gasteiger partial charge on any atom is 0.226 e. The van der Waals surface area contributed by atoms with Crippen LogP contribution >= 0.6 is 0 Å². The molecule has 0 aliphatic heterocycles. The van der Waals surface area contributed by atoms with Crippen molar-refractivity contribution in [1.29, 1.82) is 0 Å². The van der Waals surface area contributed by atoms with Gasteiger partial charge in [0.1, 0.15) is 0 Å². The second-order valence-corrected chi connectivity index (χ2v) is 15.9. The largest absolute Gasteiger partial charge is 0.394 e. The van der Waals surface area contributed by atoms with E-state index in [0.29, 0.717) is 0 Å². The van der Waals surface area contributed by atoms with Gasteiger partial charge in [0.15, 0.2) is 0 Å². The molecule has 0 saturated heterocycles. The zero-order valence-electron chi connectivity index (χ0n) is 26.5. The molecule has 228 valence electrons. The summed E-state index contributed by atoms with van der Waals surface area (Å²) in [7, 11) is 0. The van der Waals surface area contributed by atoms with Crippen LogP contribution in [-0.2, 0) is 14.4 Å². The van der Waals surface area contributed by atoms with Gasteiger partial charge in [-0.25, -0.2) is 0 Å². The van der Waals surface area contributed by atoms with E-state index in [-0.39, 0.29) is 56.8 Å². The van der Waals surface area contributed by atoms with Gasteiger partial charge in [0, 0.05) is 16.2 Å². The van der Waals surface area contributed by atoms with E-state index in [1.807, 2.05) is 62.3 Å². The number of amides is 3. The average molecular weight is 556 g/mol. The fraction of sp³-hybridized carbons (Fsp3) is 0.900. The standard InChI is InChI=1S/C30H57N3O6/c1-25(2,3)19(13-34)31-22(37)28(10)16-29(11,23(38)32-20(14-35)26(4,5)6)18-30(12,17-28)24(39)33-21(15-36)27(7,8)9/h19-21,34-36H,13-18H2,1-12H3,(H,31,37)(H,32,38)(H,33,39)/t19-,20-,21-,28?,29?,30?/m1/s1. The molecule has 3 atom stereocenters. The van der Waals surface area contributed by atoms with Crippen molar-refractivity contribution in [3.8, 4) is 0 Å². The summed E-state index contributed by atoms with van der Waals surface area (Å²) in [4.78, 5) is 41.6. The molecule has 1 saturated carbocycles. The van der Waals surface area contributed by atoms with Crippen molar-refractivity contribution in [3.63, 3.8) is 0 Å². The van der Waals surface area contributed by atoms with Crippen molar-refractivity contribution >= 4 is 17.7 Å². The Morgan fingerprint density at radius 2 is 0.718 bits per heavy atom. The molecule has 39 heavy (non-hydrogen) atoms. The van der Waals surface area contributed by atoms with Crippen LogP contribution in [0, 0.1) is 32.5 Å². The van der Waals surface area contributed by atoms with Crippen molar-refractivity contribution in [2.75, 3.05) is 19.8 Å². The highest BCUT2D eigenvalue weighted by Crippen LogP contribution is 2.55. The highest BCUT2D eigenvalue weighted by molar-refractivity contribution is 5.91. The predicted molar refractivity (Wildman–Crippen MR) is 154 cm³/mol. The molecule has 0 aromatic rings. The zero-order valence-corrected chi connectivity index (χ0v) is 26.5. The van der Waals surface area contributed by atoms with E-state index in [1.54, 1.807) is 20.8 Å². The van der Waals surface area contributed by atoms with Crippen LogP contribution in [0.25, 0.3) is 0 Å². The fourth-order valence-corrected chi connectivity index (χ4v) is 5.86. The Balaban J connectivity index is 3.56. The molecule has 1 aliphatic carbocycles. The molecule has 1 rings (SSSR count). The Hall–Kier alpha value is -1.71. The van der Waals surface area contributed by atoms with E-state index in [2.05, 4.69) is 16.0 Å². The molecule has 9 heteroatoms. The summed E-state index contributed by atoms with van der Waals surface area (Å²) >= 11 is 0. The molecular weight excluding hydrogens is 498 g/mol. The lowest BCUT2D eigenvalue weighted by molar-refractivity contribution is -0.156. The molecule has 0 aromatic carbocycles. The van der Waals surface area contributed by atoms with E-state index < -0.39 is 50.6 Å². The second kappa shape index (κ2) is 12.0. The first-order valence-electron chi connectivity index (χ1n) is 14.1. The number of aliphatic hydroxyl groups excluding tert-OH is 3. The first-order valence-corrected chi connectivity index (χ1v) is 14.1. The van der Waals surface area contributed by atoms with E-state index in [0.717, 1.165) is 0 Å². The molecule has 3 amide bonds. The Morgan fingerprint density at radius 3 is 0.846 bits per heavy atom. The van der Waals surface area contributed by atoms with Crippen LogP contribution in [0.15, 0.2) is 0 Å². The van der Waals surface area contributed by atoms with Crippen molar-refractivity contribution < 1.29 is 29.7 Å². The molecular formula is C30H57N3O6. The van der Waals surface area contributed by atoms with Crippen LogP contribution in [0.2, 0.25) is 0 Å². The topological polar surface area (TPSA) is 148 Å². The van der Waals surface area contributed by atoms with E-state index in [4.69, 9.17) is 0 Å². The van der Waals surface area contributed by atoms with Gasteiger partial charge in [0.2, 0.25) is 17.7 Å². The van der Waals surface area contributed by atoms with Gasteiger partial charge >= 0.3 is 0 Å². The van der Waals surface area contributed by atoms with Crippen molar-refractivity contribution in [1.82, 2.24) is 16.0 Å². The molecule has 0 bridgehead atoms. The molecule has 0 radical (unpaired) electrons. The lowest BCUT2D eigenvalue weighted by Crippen LogP contribution is -2.62. The van der Waals surface area contributed by atoms with Crippen LogP contribution in [0.1, 0.15) is 102 Å². The van der Waals surface area contributed by atoms with Crippen molar-refractivity contribution in [2.24, 2.45) is 32.5 Å². The zero-order chi connectivity index (χ0) is 30.8. The molecule has 0 aromatic heterocycles. The molecule has 6 N–H and O–H groups in total. The molecule has 0 heterocycles. The third-order valence-electron chi connectivity index (χ3n) is 8.59. The SMILES string of the molecule is CC1(C(=O)N[C@H](CO)C(C)(C)C)CC(C)(C(=O)N[C@H](CO)C(C)(C)C)CC(C)(C(=O)N[C@H](CO)C(C)(C)C)C1. The minimum absolute atomic E-state index is 0.188. The summed E-state index contributed by atoms with van der Waals surface area (Å²) in [6.07, 6.45) is 0.565. The number of nitrogens with one attached hydrogen (secondary N) is 3.